The van der Waals surface area contributed by atoms with Crippen LogP contribution in [0.4, 0.5) is 0 Å². The molecule has 116 valence electrons. The predicted molar refractivity (Wildman–Crippen MR) is 80.1 cm³/mol. The number of carbonyl (C=O) groups is 1. The number of rotatable bonds is 7. The molecule has 0 aliphatic carbocycles. The highest BCUT2D eigenvalue weighted by Crippen LogP contribution is 2.30. The van der Waals surface area contributed by atoms with Crippen molar-refractivity contribution >= 4 is 5.78 Å². The Morgan fingerprint density at radius 2 is 1.95 bits per heavy atom. The van der Waals surface area contributed by atoms with Crippen LogP contribution in [-0.2, 0) is 4.74 Å². The van der Waals surface area contributed by atoms with E-state index in [2.05, 4.69) is 0 Å². The maximum Gasteiger partial charge on any atom is 0.191 e. The van der Waals surface area contributed by atoms with E-state index in [1.807, 2.05) is 13.8 Å². The van der Waals surface area contributed by atoms with Crippen LogP contribution in [0.5, 0.6) is 11.5 Å². The van der Waals surface area contributed by atoms with Gasteiger partial charge in [-0.05, 0) is 44.9 Å². The van der Waals surface area contributed by atoms with Gasteiger partial charge >= 0.3 is 0 Å². The molecule has 5 heteroatoms. The van der Waals surface area contributed by atoms with Crippen LogP contribution >= 0.6 is 0 Å². The third-order valence-corrected chi connectivity index (χ3v) is 3.49. The van der Waals surface area contributed by atoms with E-state index in [4.69, 9.17) is 19.9 Å². The lowest BCUT2D eigenvalue weighted by molar-refractivity contribution is 0.0404. The minimum Gasteiger partial charge on any atom is -0.490 e. The van der Waals surface area contributed by atoms with Crippen molar-refractivity contribution in [1.29, 1.82) is 0 Å². The molecular formula is C16H23NO4. The molecular weight excluding hydrogens is 270 g/mol. The van der Waals surface area contributed by atoms with Gasteiger partial charge in [-0.2, -0.15) is 0 Å². The average Bonchev–Trinajstić information content (AvgIpc) is 2.98. The highest BCUT2D eigenvalue weighted by Gasteiger charge is 2.30. The summed E-state index contributed by atoms with van der Waals surface area (Å²) in [7, 11) is 0. The third-order valence-electron chi connectivity index (χ3n) is 3.49. The van der Waals surface area contributed by atoms with E-state index < -0.39 is 6.10 Å². The summed E-state index contributed by atoms with van der Waals surface area (Å²) in [4.78, 5) is 12.5. The Bertz CT molecular complexity index is 489. The number of carbonyl (C=O) groups excluding carboxylic acids is 1. The predicted octanol–water partition coefficient (Wildman–Crippen LogP) is 2.17. The van der Waals surface area contributed by atoms with Crippen molar-refractivity contribution in [3.8, 4) is 11.5 Å². The van der Waals surface area contributed by atoms with Gasteiger partial charge < -0.3 is 19.9 Å². The first-order chi connectivity index (χ1) is 10.2. The van der Waals surface area contributed by atoms with Gasteiger partial charge in [0.2, 0.25) is 0 Å². The monoisotopic (exact) mass is 293 g/mol. The summed E-state index contributed by atoms with van der Waals surface area (Å²) in [6, 6.07) is 5.27. The lowest BCUT2D eigenvalue weighted by Crippen LogP contribution is -2.25. The van der Waals surface area contributed by atoms with Crippen molar-refractivity contribution in [3.05, 3.63) is 23.8 Å². The fourth-order valence-electron chi connectivity index (χ4n) is 2.46. The molecule has 0 bridgehead atoms. The van der Waals surface area contributed by atoms with E-state index in [1.165, 1.54) is 0 Å². The van der Waals surface area contributed by atoms with E-state index in [9.17, 15) is 4.79 Å². The second kappa shape index (κ2) is 7.43. The number of ketones is 1. The first-order valence-electron chi connectivity index (χ1n) is 7.49. The zero-order valence-electron chi connectivity index (χ0n) is 12.6. The molecule has 1 saturated heterocycles. The van der Waals surface area contributed by atoms with Gasteiger partial charge in [-0.25, -0.2) is 0 Å². The van der Waals surface area contributed by atoms with Crippen LogP contribution in [-0.4, -0.2) is 37.7 Å². The molecule has 2 unspecified atom stereocenters. The van der Waals surface area contributed by atoms with Gasteiger partial charge in [-0.15, -0.1) is 0 Å². The zero-order valence-corrected chi connectivity index (χ0v) is 12.6. The van der Waals surface area contributed by atoms with Crippen LogP contribution in [0, 0.1) is 0 Å². The topological polar surface area (TPSA) is 70.8 Å². The van der Waals surface area contributed by atoms with Crippen molar-refractivity contribution in [2.75, 3.05) is 19.8 Å². The van der Waals surface area contributed by atoms with Crippen LogP contribution in [0.2, 0.25) is 0 Å². The normalized spacial score (nSPS) is 21.3. The molecule has 0 radical (unpaired) electrons. The van der Waals surface area contributed by atoms with E-state index in [0.29, 0.717) is 36.8 Å². The lowest BCUT2D eigenvalue weighted by Gasteiger charge is -2.14. The first kappa shape index (κ1) is 15.8. The Kier molecular flexibility index (Phi) is 5.59. The third kappa shape index (κ3) is 3.74. The average molecular weight is 293 g/mol. The fourth-order valence-corrected chi connectivity index (χ4v) is 2.46. The Balaban J connectivity index is 2.15. The molecule has 2 atom stereocenters. The molecule has 0 saturated carbocycles. The molecule has 2 N–H and O–H groups in total. The first-order valence-corrected chi connectivity index (χ1v) is 7.49. The van der Waals surface area contributed by atoms with Gasteiger partial charge in [0, 0.05) is 12.1 Å². The Labute approximate surface area is 125 Å². The molecule has 2 rings (SSSR count). The standard InChI is InChI=1S/C16H23NO4/c1-3-19-13-7-5-11(9-15(13)20-4-2)16(18)14-8-6-12(10-17)21-14/h5,7,9,12,14H,3-4,6,8,10,17H2,1-2H3. The van der Waals surface area contributed by atoms with E-state index in [0.717, 1.165) is 12.8 Å². The molecule has 5 nitrogen and oxygen atoms in total. The molecule has 1 aromatic carbocycles. The minimum absolute atomic E-state index is 0.00647. The number of Topliss-reactive ketones (excluding diaryl/α,β-unsaturated/α-hetero) is 1. The summed E-state index contributed by atoms with van der Waals surface area (Å²) in [5.74, 6) is 1.23. The molecule has 1 fully saturated rings. The summed E-state index contributed by atoms with van der Waals surface area (Å²) >= 11 is 0. The second-order valence-corrected chi connectivity index (χ2v) is 4.95. The Hall–Kier alpha value is -1.59. The summed E-state index contributed by atoms with van der Waals surface area (Å²) in [5, 5.41) is 0. The molecule has 0 spiro atoms. The number of nitrogens with two attached hydrogens (primary N) is 1. The van der Waals surface area contributed by atoms with Crippen LogP contribution in [0.25, 0.3) is 0 Å². The summed E-state index contributed by atoms with van der Waals surface area (Å²) < 4.78 is 16.7. The van der Waals surface area contributed by atoms with Gasteiger partial charge in [-0.1, -0.05) is 0 Å². The van der Waals surface area contributed by atoms with Crippen molar-refractivity contribution in [3.63, 3.8) is 0 Å². The van der Waals surface area contributed by atoms with Crippen LogP contribution in [0.3, 0.4) is 0 Å². The van der Waals surface area contributed by atoms with Crippen molar-refractivity contribution in [1.82, 2.24) is 0 Å². The van der Waals surface area contributed by atoms with Crippen LogP contribution in [0.1, 0.15) is 37.0 Å². The molecule has 1 aliphatic rings. The van der Waals surface area contributed by atoms with Crippen LogP contribution in [0.15, 0.2) is 18.2 Å². The molecule has 1 aliphatic heterocycles. The zero-order chi connectivity index (χ0) is 15.2. The second-order valence-electron chi connectivity index (χ2n) is 4.95. The van der Waals surface area contributed by atoms with E-state index in [1.54, 1.807) is 18.2 Å². The lowest BCUT2D eigenvalue weighted by atomic mass is 10.0. The van der Waals surface area contributed by atoms with Gasteiger partial charge in [0.15, 0.2) is 17.3 Å². The number of ether oxygens (including phenoxy) is 3. The van der Waals surface area contributed by atoms with Crippen LogP contribution < -0.4 is 15.2 Å². The van der Waals surface area contributed by atoms with Gasteiger partial charge in [0.1, 0.15) is 6.10 Å². The Morgan fingerprint density at radius 1 is 1.24 bits per heavy atom. The minimum atomic E-state index is -0.397. The van der Waals surface area contributed by atoms with Gasteiger partial charge in [0.25, 0.3) is 0 Å². The van der Waals surface area contributed by atoms with Crippen molar-refractivity contribution < 1.29 is 19.0 Å². The highest BCUT2D eigenvalue weighted by molar-refractivity contribution is 6.00. The summed E-state index contributed by atoms with van der Waals surface area (Å²) in [6.45, 7) is 5.34. The maximum absolute atomic E-state index is 12.5. The molecule has 21 heavy (non-hydrogen) atoms. The number of hydrogen-bond donors (Lipinski definition) is 1. The largest absolute Gasteiger partial charge is 0.490 e. The van der Waals surface area contributed by atoms with Crippen molar-refractivity contribution in [2.45, 2.75) is 38.9 Å². The van der Waals surface area contributed by atoms with Crippen molar-refractivity contribution in [2.24, 2.45) is 5.73 Å². The van der Waals surface area contributed by atoms with Gasteiger partial charge in [-0.3, -0.25) is 4.79 Å². The number of hydrogen-bond acceptors (Lipinski definition) is 5. The summed E-state index contributed by atoms with van der Waals surface area (Å²) in [5.41, 5.74) is 6.17. The molecule has 1 aromatic rings. The molecule has 0 amide bonds. The number of benzene rings is 1. The summed E-state index contributed by atoms with van der Waals surface area (Å²) in [6.07, 6.45) is 1.15. The SMILES string of the molecule is CCOc1ccc(C(=O)C2CCC(CN)O2)cc1OCC. The fraction of sp³-hybridized carbons (Fsp3) is 0.562. The van der Waals surface area contributed by atoms with E-state index >= 15 is 0 Å². The maximum atomic E-state index is 12.5. The van der Waals surface area contributed by atoms with Gasteiger partial charge in [0.05, 0.1) is 19.3 Å². The van der Waals surface area contributed by atoms with E-state index in [-0.39, 0.29) is 11.9 Å². The highest BCUT2D eigenvalue weighted by atomic mass is 16.5. The quantitative estimate of drug-likeness (QED) is 0.780. The molecule has 1 heterocycles. The smallest absolute Gasteiger partial charge is 0.191 e. The Morgan fingerprint density at radius 3 is 2.57 bits per heavy atom. The molecule has 0 aromatic heterocycles.